The Morgan fingerprint density at radius 1 is 1.03 bits per heavy atom. The van der Waals surface area contributed by atoms with E-state index in [1.54, 1.807) is 26.0 Å². The Morgan fingerprint density at radius 3 is 2.00 bits per heavy atom. The molecule has 7 nitrogen and oxygen atoms in total. The van der Waals surface area contributed by atoms with Crippen LogP contribution in [0.5, 0.6) is 5.75 Å². The van der Waals surface area contributed by atoms with Crippen LogP contribution >= 0.6 is 0 Å². The van der Waals surface area contributed by atoms with Crippen molar-refractivity contribution in [3.8, 4) is 5.75 Å². The molecular weight excluding hydrogens is 465 g/mol. The molecule has 2 aromatic rings. The summed E-state index contributed by atoms with van der Waals surface area (Å²) in [5, 5.41) is 9.34. The fraction of sp³-hybridized carbons (Fsp3) is 0.400. The summed E-state index contributed by atoms with van der Waals surface area (Å²) in [6.07, 6.45) is -4.52. The number of carbonyl (C=O) groups is 3. The first-order valence-corrected chi connectivity index (χ1v) is 10.8. The van der Waals surface area contributed by atoms with Gasteiger partial charge in [-0.05, 0) is 82.5 Å². The Hall–Kier alpha value is -3.56. The van der Waals surface area contributed by atoms with Crippen LogP contribution in [0.3, 0.4) is 0 Å². The molecule has 0 spiro atoms. The number of aryl methyl sites for hydroxylation is 2. The lowest BCUT2D eigenvalue weighted by Gasteiger charge is -2.28. The highest BCUT2D eigenvalue weighted by Gasteiger charge is 2.52. The van der Waals surface area contributed by atoms with E-state index in [1.165, 1.54) is 44.7 Å². The number of imide groups is 1. The molecule has 0 radical (unpaired) electrons. The zero-order valence-electron chi connectivity index (χ0n) is 20.3. The molecular formula is C25H27F3N2O5. The number of urea groups is 1. The molecule has 1 aliphatic heterocycles. The van der Waals surface area contributed by atoms with Crippen molar-refractivity contribution in [2.24, 2.45) is 0 Å². The van der Waals surface area contributed by atoms with Crippen LogP contribution in [-0.4, -0.2) is 39.1 Å². The van der Waals surface area contributed by atoms with Crippen molar-refractivity contribution in [2.75, 3.05) is 4.90 Å². The van der Waals surface area contributed by atoms with E-state index in [9.17, 15) is 32.7 Å². The van der Waals surface area contributed by atoms with Gasteiger partial charge >= 0.3 is 18.2 Å². The van der Waals surface area contributed by atoms with Crippen LogP contribution in [0.4, 0.5) is 23.7 Å². The van der Waals surface area contributed by atoms with Crippen molar-refractivity contribution in [2.45, 2.75) is 65.4 Å². The minimum atomic E-state index is -4.52. The van der Waals surface area contributed by atoms with E-state index in [2.05, 4.69) is 0 Å². The quantitative estimate of drug-likeness (QED) is 0.552. The Balaban J connectivity index is 1.89. The summed E-state index contributed by atoms with van der Waals surface area (Å²) in [5.74, 6) is -1.23. The van der Waals surface area contributed by atoms with Gasteiger partial charge in [0, 0.05) is 5.69 Å². The third-order valence-electron chi connectivity index (χ3n) is 5.94. The third-order valence-corrected chi connectivity index (χ3v) is 5.94. The lowest BCUT2D eigenvalue weighted by Crippen LogP contribution is -2.44. The molecule has 35 heavy (non-hydrogen) atoms. The summed E-state index contributed by atoms with van der Waals surface area (Å²) in [7, 11) is 0. The Kier molecular flexibility index (Phi) is 6.39. The smallest absolute Gasteiger partial charge is 0.416 e. The number of carboxylic acid groups (broad SMARTS) is 1. The van der Waals surface area contributed by atoms with Crippen molar-refractivity contribution in [3.05, 3.63) is 58.7 Å². The molecule has 0 bridgehead atoms. The molecule has 0 saturated carbocycles. The monoisotopic (exact) mass is 492 g/mol. The van der Waals surface area contributed by atoms with Crippen molar-refractivity contribution in [1.29, 1.82) is 0 Å². The maximum atomic E-state index is 13.2. The van der Waals surface area contributed by atoms with E-state index in [0.717, 1.165) is 17.0 Å². The number of anilines is 1. The minimum absolute atomic E-state index is 0.0669. The summed E-state index contributed by atoms with van der Waals surface area (Å²) < 4.78 is 44.5. The predicted octanol–water partition coefficient (Wildman–Crippen LogP) is 5.31. The highest BCUT2D eigenvalue weighted by molar-refractivity contribution is 6.16. The van der Waals surface area contributed by atoms with Gasteiger partial charge in [-0.15, -0.1) is 0 Å². The van der Waals surface area contributed by atoms with Gasteiger partial charge in [-0.3, -0.25) is 14.6 Å². The van der Waals surface area contributed by atoms with E-state index < -0.39 is 40.8 Å². The average molecular weight is 492 g/mol. The number of alkyl halides is 3. The number of amides is 3. The molecule has 3 rings (SSSR count). The van der Waals surface area contributed by atoms with Crippen LogP contribution in [0, 0.1) is 13.8 Å². The number of hydrogen-bond donors (Lipinski definition) is 1. The van der Waals surface area contributed by atoms with Crippen LogP contribution < -0.4 is 9.64 Å². The average Bonchev–Trinajstić information content (AvgIpc) is 2.89. The van der Waals surface area contributed by atoms with Gasteiger partial charge in [0.15, 0.2) is 5.60 Å². The number of nitrogens with zero attached hydrogens (tertiary/aromatic N) is 2. The van der Waals surface area contributed by atoms with Crippen molar-refractivity contribution in [1.82, 2.24) is 4.90 Å². The Morgan fingerprint density at radius 2 is 1.54 bits per heavy atom. The molecule has 0 aromatic heterocycles. The fourth-order valence-electron chi connectivity index (χ4n) is 4.02. The number of hydrogen-bond acceptors (Lipinski definition) is 4. The van der Waals surface area contributed by atoms with Gasteiger partial charge in [-0.2, -0.15) is 13.2 Å². The van der Waals surface area contributed by atoms with Crippen molar-refractivity contribution in [3.63, 3.8) is 0 Å². The number of carboxylic acids is 1. The third kappa shape index (κ3) is 4.82. The molecule has 0 unspecified atom stereocenters. The van der Waals surface area contributed by atoms with Gasteiger partial charge in [-0.25, -0.2) is 9.59 Å². The maximum Gasteiger partial charge on any atom is 0.416 e. The first kappa shape index (κ1) is 26.1. The van der Waals surface area contributed by atoms with Crippen molar-refractivity contribution < 1.29 is 37.4 Å². The van der Waals surface area contributed by atoms with Crippen LogP contribution in [0.25, 0.3) is 0 Å². The SMILES string of the molecule is Cc1cc(CN2C(=O)N(c3ccc(C(F)(F)F)cc3)C(C)(C)C2=O)cc(C)c1OC(C)(C)C(=O)O. The molecule has 1 N–H and O–H groups in total. The molecule has 1 fully saturated rings. The Bertz CT molecular complexity index is 1160. The molecule has 1 saturated heterocycles. The van der Waals surface area contributed by atoms with E-state index >= 15 is 0 Å². The van der Waals surface area contributed by atoms with Crippen LogP contribution in [0.15, 0.2) is 36.4 Å². The van der Waals surface area contributed by atoms with E-state index in [-0.39, 0.29) is 12.2 Å². The van der Waals surface area contributed by atoms with E-state index in [1.807, 2.05) is 0 Å². The summed E-state index contributed by atoms with van der Waals surface area (Å²) >= 11 is 0. The summed E-state index contributed by atoms with van der Waals surface area (Å²) in [4.78, 5) is 40.0. The van der Waals surface area contributed by atoms with Crippen molar-refractivity contribution >= 4 is 23.6 Å². The predicted molar refractivity (Wildman–Crippen MR) is 122 cm³/mol. The second-order valence-corrected chi connectivity index (χ2v) is 9.59. The fourth-order valence-corrected chi connectivity index (χ4v) is 4.02. The number of benzene rings is 2. The lowest BCUT2D eigenvalue weighted by molar-refractivity contribution is -0.152. The topological polar surface area (TPSA) is 87.2 Å². The molecule has 2 aromatic carbocycles. The minimum Gasteiger partial charge on any atom is -0.478 e. The zero-order chi connectivity index (χ0) is 26.5. The maximum absolute atomic E-state index is 13.2. The molecule has 3 amide bonds. The second-order valence-electron chi connectivity index (χ2n) is 9.59. The number of halogens is 3. The highest BCUT2D eigenvalue weighted by atomic mass is 19.4. The highest BCUT2D eigenvalue weighted by Crippen LogP contribution is 2.37. The largest absolute Gasteiger partial charge is 0.478 e. The number of aliphatic carboxylic acids is 1. The zero-order valence-corrected chi connectivity index (χ0v) is 20.3. The summed E-state index contributed by atoms with van der Waals surface area (Å²) in [6, 6.07) is 6.84. The van der Waals surface area contributed by atoms with Gasteiger partial charge in [0.05, 0.1) is 12.1 Å². The van der Waals surface area contributed by atoms with E-state index in [4.69, 9.17) is 4.74 Å². The first-order valence-electron chi connectivity index (χ1n) is 10.8. The van der Waals surface area contributed by atoms with Gasteiger partial charge in [0.25, 0.3) is 5.91 Å². The number of rotatable bonds is 6. The number of carbonyl (C=O) groups excluding carboxylic acids is 2. The molecule has 1 aliphatic rings. The van der Waals surface area contributed by atoms with Gasteiger partial charge < -0.3 is 9.84 Å². The van der Waals surface area contributed by atoms with Gasteiger partial charge in [-0.1, -0.05) is 12.1 Å². The second kappa shape index (κ2) is 8.58. The normalized spacial score (nSPS) is 16.1. The first-order chi connectivity index (χ1) is 16.0. The van der Waals surface area contributed by atoms with Crippen LogP contribution in [-0.2, 0) is 22.3 Å². The molecule has 1 heterocycles. The molecule has 188 valence electrons. The molecule has 0 atom stereocenters. The van der Waals surface area contributed by atoms with Crippen LogP contribution in [0.2, 0.25) is 0 Å². The summed E-state index contributed by atoms with van der Waals surface area (Å²) in [5.41, 5.74) is -1.56. The van der Waals surface area contributed by atoms with Gasteiger partial charge in [0.2, 0.25) is 0 Å². The van der Waals surface area contributed by atoms with Gasteiger partial charge in [0.1, 0.15) is 11.3 Å². The van der Waals surface area contributed by atoms with Crippen LogP contribution in [0.1, 0.15) is 49.9 Å². The summed E-state index contributed by atoms with van der Waals surface area (Å²) in [6.45, 7) is 9.33. The van der Waals surface area contributed by atoms with E-state index in [0.29, 0.717) is 22.4 Å². The number of ether oxygens (including phenoxy) is 1. The lowest BCUT2D eigenvalue weighted by atomic mass is 10.0. The molecule has 0 aliphatic carbocycles. The Labute approximate surface area is 201 Å². The molecule has 10 heteroatoms. The standard InChI is InChI=1S/C25H27F3N2O5/c1-14-11-16(12-15(2)19(14)35-24(5,6)21(32)33)13-29-20(31)23(3,4)30(22(29)34)18-9-7-17(8-10-18)25(26,27)28/h7-12H,13H2,1-6H3,(H,32,33).